The van der Waals surface area contributed by atoms with Gasteiger partial charge in [0.15, 0.2) is 0 Å². The summed E-state index contributed by atoms with van der Waals surface area (Å²) in [4.78, 5) is 0. The Labute approximate surface area is 107 Å². The van der Waals surface area contributed by atoms with Gasteiger partial charge in [-0.1, -0.05) is 42.5 Å². The molecule has 2 heteroatoms. The van der Waals surface area contributed by atoms with Crippen LogP contribution in [-0.4, -0.2) is 4.57 Å². The van der Waals surface area contributed by atoms with Gasteiger partial charge in [0.2, 0.25) is 0 Å². The van der Waals surface area contributed by atoms with Crippen molar-refractivity contribution in [2.45, 2.75) is 6.54 Å². The lowest BCUT2D eigenvalue weighted by Crippen LogP contribution is -1.96. The van der Waals surface area contributed by atoms with Gasteiger partial charge in [-0.3, -0.25) is 0 Å². The van der Waals surface area contributed by atoms with Crippen molar-refractivity contribution in [3.63, 3.8) is 0 Å². The van der Waals surface area contributed by atoms with Crippen LogP contribution in [0.15, 0.2) is 54.6 Å². The Hall–Kier alpha value is -2.06. The van der Waals surface area contributed by atoms with E-state index in [0.29, 0.717) is 6.54 Å². The average molecular weight is 236 g/mol. The first-order chi connectivity index (χ1) is 8.81. The fourth-order valence-electron chi connectivity index (χ4n) is 2.49. The standard InChI is InChI=1S/C16H16N2/c1-18-15-9-5-8-13(11-17)14(15)10-16(18)12-6-3-2-4-7-12/h2-10H,11,17H2,1H3. The van der Waals surface area contributed by atoms with Gasteiger partial charge in [-0.15, -0.1) is 0 Å². The van der Waals surface area contributed by atoms with Gasteiger partial charge in [0.25, 0.3) is 0 Å². The van der Waals surface area contributed by atoms with E-state index in [4.69, 9.17) is 5.73 Å². The number of aromatic nitrogens is 1. The quantitative estimate of drug-likeness (QED) is 0.727. The molecule has 0 unspecified atom stereocenters. The highest BCUT2D eigenvalue weighted by Crippen LogP contribution is 2.28. The van der Waals surface area contributed by atoms with Crippen LogP contribution in [0.1, 0.15) is 5.56 Å². The van der Waals surface area contributed by atoms with Gasteiger partial charge in [0, 0.05) is 30.2 Å². The zero-order valence-corrected chi connectivity index (χ0v) is 10.4. The summed E-state index contributed by atoms with van der Waals surface area (Å²) in [5, 5.41) is 1.25. The molecular weight excluding hydrogens is 220 g/mol. The number of benzene rings is 2. The lowest BCUT2D eigenvalue weighted by atomic mass is 10.1. The molecule has 0 radical (unpaired) electrons. The topological polar surface area (TPSA) is 30.9 Å². The first-order valence-electron chi connectivity index (χ1n) is 6.14. The van der Waals surface area contributed by atoms with Crippen molar-refractivity contribution >= 4 is 10.9 Å². The monoisotopic (exact) mass is 236 g/mol. The van der Waals surface area contributed by atoms with Crippen molar-refractivity contribution in [3.05, 3.63) is 60.2 Å². The molecule has 0 aliphatic rings. The molecule has 1 heterocycles. The summed E-state index contributed by atoms with van der Waals surface area (Å²) in [5.41, 5.74) is 10.7. The molecule has 0 atom stereocenters. The van der Waals surface area contributed by atoms with Crippen LogP contribution in [-0.2, 0) is 13.6 Å². The second-order valence-corrected chi connectivity index (χ2v) is 4.51. The predicted octanol–water partition coefficient (Wildman–Crippen LogP) is 3.30. The van der Waals surface area contributed by atoms with E-state index in [9.17, 15) is 0 Å². The number of rotatable bonds is 2. The summed E-state index contributed by atoms with van der Waals surface area (Å²) >= 11 is 0. The second kappa shape index (κ2) is 4.31. The fourth-order valence-corrected chi connectivity index (χ4v) is 2.49. The second-order valence-electron chi connectivity index (χ2n) is 4.51. The molecule has 2 aromatic carbocycles. The van der Waals surface area contributed by atoms with E-state index in [-0.39, 0.29) is 0 Å². The molecule has 0 saturated carbocycles. The van der Waals surface area contributed by atoms with Gasteiger partial charge in [-0.25, -0.2) is 0 Å². The van der Waals surface area contributed by atoms with Gasteiger partial charge in [-0.05, 0) is 23.3 Å². The number of hydrogen-bond donors (Lipinski definition) is 1. The highest BCUT2D eigenvalue weighted by Gasteiger charge is 2.09. The average Bonchev–Trinajstić information content (AvgIpc) is 2.77. The third-order valence-corrected chi connectivity index (χ3v) is 3.47. The van der Waals surface area contributed by atoms with Crippen LogP contribution in [0.25, 0.3) is 22.2 Å². The van der Waals surface area contributed by atoms with E-state index in [2.05, 4.69) is 60.1 Å². The Bertz CT molecular complexity index is 681. The highest BCUT2D eigenvalue weighted by atomic mass is 14.9. The van der Waals surface area contributed by atoms with Crippen molar-refractivity contribution in [1.29, 1.82) is 0 Å². The van der Waals surface area contributed by atoms with Crippen molar-refractivity contribution in [2.24, 2.45) is 12.8 Å². The van der Waals surface area contributed by atoms with E-state index >= 15 is 0 Å². The molecule has 2 N–H and O–H groups in total. The smallest absolute Gasteiger partial charge is 0.0488 e. The van der Waals surface area contributed by atoms with Gasteiger partial charge in [-0.2, -0.15) is 0 Å². The number of hydrogen-bond acceptors (Lipinski definition) is 1. The molecule has 90 valence electrons. The van der Waals surface area contributed by atoms with E-state index in [1.54, 1.807) is 0 Å². The summed E-state index contributed by atoms with van der Waals surface area (Å²) in [6.07, 6.45) is 0. The lowest BCUT2D eigenvalue weighted by Gasteiger charge is -2.04. The molecule has 1 aromatic heterocycles. The van der Waals surface area contributed by atoms with Gasteiger partial charge >= 0.3 is 0 Å². The van der Waals surface area contributed by atoms with Crippen molar-refractivity contribution < 1.29 is 0 Å². The molecule has 0 amide bonds. The Kier molecular flexibility index (Phi) is 2.65. The normalized spacial score (nSPS) is 11.0. The summed E-state index contributed by atoms with van der Waals surface area (Å²) in [7, 11) is 2.10. The first kappa shape index (κ1) is 11.1. The largest absolute Gasteiger partial charge is 0.344 e. The number of nitrogens with two attached hydrogens (primary N) is 1. The molecule has 2 nitrogen and oxygen atoms in total. The maximum Gasteiger partial charge on any atom is 0.0488 e. The van der Waals surface area contributed by atoms with Crippen LogP contribution in [0, 0.1) is 0 Å². The Morgan fingerprint density at radius 1 is 1.00 bits per heavy atom. The van der Waals surface area contributed by atoms with Crippen molar-refractivity contribution in [2.75, 3.05) is 0 Å². The minimum atomic E-state index is 0.579. The minimum absolute atomic E-state index is 0.579. The third kappa shape index (κ3) is 1.62. The third-order valence-electron chi connectivity index (χ3n) is 3.47. The molecule has 3 rings (SSSR count). The van der Waals surface area contributed by atoms with Crippen LogP contribution in [0.4, 0.5) is 0 Å². The van der Waals surface area contributed by atoms with Crippen LogP contribution >= 0.6 is 0 Å². The Morgan fingerprint density at radius 3 is 2.50 bits per heavy atom. The first-order valence-corrected chi connectivity index (χ1v) is 6.14. The molecule has 0 bridgehead atoms. The van der Waals surface area contributed by atoms with E-state index in [1.807, 2.05) is 6.07 Å². The summed E-state index contributed by atoms with van der Waals surface area (Å²) in [6.45, 7) is 0.579. The molecule has 18 heavy (non-hydrogen) atoms. The molecule has 3 aromatic rings. The van der Waals surface area contributed by atoms with Crippen LogP contribution < -0.4 is 5.73 Å². The molecule has 0 fully saturated rings. The molecular formula is C16H16N2. The Balaban J connectivity index is 2.29. The van der Waals surface area contributed by atoms with Crippen molar-refractivity contribution in [1.82, 2.24) is 4.57 Å². The molecule has 0 spiro atoms. The number of nitrogens with zero attached hydrogens (tertiary/aromatic N) is 1. The van der Waals surface area contributed by atoms with Gasteiger partial charge < -0.3 is 10.3 Å². The highest BCUT2D eigenvalue weighted by molar-refractivity contribution is 5.89. The summed E-state index contributed by atoms with van der Waals surface area (Å²) in [5.74, 6) is 0. The zero-order chi connectivity index (χ0) is 12.5. The Morgan fingerprint density at radius 2 is 1.78 bits per heavy atom. The maximum atomic E-state index is 5.80. The number of aryl methyl sites for hydroxylation is 1. The van der Waals surface area contributed by atoms with Crippen molar-refractivity contribution in [3.8, 4) is 11.3 Å². The predicted molar refractivity (Wildman–Crippen MR) is 76.2 cm³/mol. The van der Waals surface area contributed by atoms with Crippen LogP contribution in [0.5, 0.6) is 0 Å². The molecule has 0 aliphatic heterocycles. The SMILES string of the molecule is Cn1c(-c2ccccc2)cc2c(CN)cccc21. The molecule has 0 saturated heterocycles. The lowest BCUT2D eigenvalue weighted by molar-refractivity contribution is 0.977. The van der Waals surface area contributed by atoms with E-state index < -0.39 is 0 Å². The minimum Gasteiger partial charge on any atom is -0.344 e. The maximum absolute atomic E-state index is 5.80. The van der Waals surface area contributed by atoms with Crippen LogP contribution in [0.2, 0.25) is 0 Å². The van der Waals surface area contributed by atoms with Gasteiger partial charge in [0.05, 0.1) is 0 Å². The molecule has 0 aliphatic carbocycles. The van der Waals surface area contributed by atoms with E-state index in [0.717, 1.165) is 0 Å². The summed E-state index contributed by atoms with van der Waals surface area (Å²) in [6, 6.07) is 19.0. The van der Waals surface area contributed by atoms with Crippen LogP contribution in [0.3, 0.4) is 0 Å². The zero-order valence-electron chi connectivity index (χ0n) is 10.4. The summed E-state index contributed by atoms with van der Waals surface area (Å²) < 4.78 is 2.23. The van der Waals surface area contributed by atoms with Gasteiger partial charge in [0.1, 0.15) is 0 Å². The fraction of sp³-hybridized carbons (Fsp3) is 0.125. The number of fused-ring (bicyclic) bond motifs is 1. The van der Waals surface area contributed by atoms with E-state index in [1.165, 1.54) is 27.7 Å².